The van der Waals surface area contributed by atoms with Crippen LogP contribution >= 0.6 is 0 Å². The van der Waals surface area contributed by atoms with E-state index in [-0.39, 0.29) is 52.5 Å². The zero-order valence-electron chi connectivity index (χ0n) is 15.4. The number of carbonyl (C=O) groups is 4. The van der Waals surface area contributed by atoms with Gasteiger partial charge in [0.05, 0.1) is 26.1 Å². The predicted octanol–water partition coefficient (Wildman–Crippen LogP) is -1.28. The van der Waals surface area contributed by atoms with Crippen molar-refractivity contribution in [3.8, 4) is 0 Å². The number of esters is 4. The zero-order valence-corrected chi connectivity index (χ0v) is 15.4. The molecule has 0 saturated heterocycles. The first-order chi connectivity index (χ1) is 12.7. The number of hydrogen-bond acceptors (Lipinski definition) is 11. The number of aliphatic hydroxyl groups excluding tert-OH is 2. The summed E-state index contributed by atoms with van der Waals surface area (Å²) in [6.45, 7) is 2.26. The molecular weight excluding hydrogens is 368 g/mol. The topological polar surface area (TPSA) is 155 Å². The van der Waals surface area contributed by atoms with Crippen LogP contribution in [0.4, 0.5) is 0 Å². The summed E-state index contributed by atoms with van der Waals surface area (Å²) in [5.74, 6) is -2.84. The summed E-state index contributed by atoms with van der Waals surface area (Å²) in [7, 11) is 0. The maximum atomic E-state index is 11.4. The molecule has 2 unspecified atom stereocenters. The van der Waals surface area contributed by atoms with Gasteiger partial charge in [0.2, 0.25) is 0 Å². The Morgan fingerprint density at radius 3 is 1.37 bits per heavy atom. The van der Waals surface area contributed by atoms with Crippen LogP contribution in [0.2, 0.25) is 0 Å². The lowest BCUT2D eigenvalue weighted by atomic mass is 10.3. The van der Waals surface area contributed by atoms with Gasteiger partial charge in [0.1, 0.15) is 38.6 Å². The molecule has 0 spiro atoms. The van der Waals surface area contributed by atoms with E-state index in [9.17, 15) is 19.2 Å². The van der Waals surface area contributed by atoms with Gasteiger partial charge in [0, 0.05) is 0 Å². The summed E-state index contributed by atoms with van der Waals surface area (Å²) in [5.41, 5.74) is 0. The number of aliphatic hydroxyl groups is 2. The Morgan fingerprint density at radius 2 is 0.963 bits per heavy atom. The molecule has 0 radical (unpaired) electrons. The minimum Gasteiger partial charge on any atom is -0.463 e. The molecule has 0 saturated carbocycles. The third-order valence-corrected chi connectivity index (χ3v) is 2.77. The van der Waals surface area contributed by atoms with Crippen LogP contribution < -0.4 is 0 Å². The molecule has 0 rings (SSSR count). The van der Waals surface area contributed by atoms with E-state index in [1.807, 2.05) is 0 Å². The van der Waals surface area contributed by atoms with Gasteiger partial charge in [0.15, 0.2) is 0 Å². The summed E-state index contributed by atoms with van der Waals surface area (Å²) >= 11 is 0. The minimum absolute atomic E-state index is 0.0317. The van der Waals surface area contributed by atoms with Crippen molar-refractivity contribution in [1.29, 1.82) is 0 Å². The van der Waals surface area contributed by atoms with Gasteiger partial charge in [-0.05, 0) is 13.8 Å². The molecule has 11 heteroatoms. The molecule has 0 aliphatic carbocycles. The van der Waals surface area contributed by atoms with Crippen LogP contribution in [0.25, 0.3) is 0 Å². The van der Waals surface area contributed by atoms with Gasteiger partial charge in [-0.25, -0.2) is 9.59 Å². The van der Waals surface area contributed by atoms with Crippen molar-refractivity contribution in [2.75, 3.05) is 39.6 Å². The fourth-order valence-electron chi connectivity index (χ4n) is 1.41. The Bertz CT molecular complexity index is 473. The van der Waals surface area contributed by atoms with E-state index in [0.717, 1.165) is 0 Å². The van der Waals surface area contributed by atoms with Crippen molar-refractivity contribution in [3.05, 3.63) is 0 Å². The first-order valence-electron chi connectivity index (χ1n) is 8.32. The van der Waals surface area contributed by atoms with Gasteiger partial charge >= 0.3 is 23.9 Å². The van der Waals surface area contributed by atoms with Gasteiger partial charge < -0.3 is 33.9 Å². The standard InChI is InChI=1S/C16H26O11/c1-11(17)15(21)26-8-6-23-5-7-24-13(19)3-4-14(20)25-9-10-27-16(22)12(2)18/h11-12,17-18H,3-10H2,1-2H3. The molecule has 27 heavy (non-hydrogen) atoms. The lowest BCUT2D eigenvalue weighted by Crippen LogP contribution is -2.22. The third-order valence-electron chi connectivity index (χ3n) is 2.77. The zero-order chi connectivity index (χ0) is 20.7. The molecule has 0 amide bonds. The average molecular weight is 394 g/mol. The van der Waals surface area contributed by atoms with E-state index in [0.29, 0.717) is 0 Å². The first-order valence-corrected chi connectivity index (χ1v) is 8.32. The third kappa shape index (κ3) is 14.6. The molecule has 0 heterocycles. The second kappa shape index (κ2) is 14.9. The summed E-state index contributed by atoms with van der Waals surface area (Å²) < 4.78 is 23.9. The maximum absolute atomic E-state index is 11.4. The lowest BCUT2D eigenvalue weighted by Gasteiger charge is -2.08. The van der Waals surface area contributed by atoms with E-state index in [4.69, 9.17) is 24.4 Å². The van der Waals surface area contributed by atoms with Crippen molar-refractivity contribution >= 4 is 23.9 Å². The quantitative estimate of drug-likeness (QED) is 0.205. The second-order valence-corrected chi connectivity index (χ2v) is 5.24. The highest BCUT2D eigenvalue weighted by molar-refractivity contribution is 5.77. The summed E-state index contributed by atoms with van der Waals surface area (Å²) in [4.78, 5) is 44.6. The van der Waals surface area contributed by atoms with Crippen LogP contribution in [0.5, 0.6) is 0 Å². The van der Waals surface area contributed by atoms with Crippen LogP contribution in [0.3, 0.4) is 0 Å². The molecule has 156 valence electrons. The van der Waals surface area contributed by atoms with Crippen LogP contribution in [0.1, 0.15) is 26.7 Å². The highest BCUT2D eigenvalue weighted by atomic mass is 16.6. The maximum Gasteiger partial charge on any atom is 0.334 e. The largest absolute Gasteiger partial charge is 0.463 e. The molecule has 2 atom stereocenters. The molecule has 2 N–H and O–H groups in total. The van der Waals surface area contributed by atoms with E-state index < -0.39 is 36.1 Å². The van der Waals surface area contributed by atoms with E-state index in [1.54, 1.807) is 0 Å². The van der Waals surface area contributed by atoms with Crippen LogP contribution in [-0.2, 0) is 42.9 Å². The van der Waals surface area contributed by atoms with Gasteiger partial charge in [0.25, 0.3) is 0 Å². The highest BCUT2D eigenvalue weighted by Gasteiger charge is 2.12. The number of carbonyl (C=O) groups excluding carboxylic acids is 4. The smallest absolute Gasteiger partial charge is 0.334 e. The van der Waals surface area contributed by atoms with Crippen LogP contribution in [0.15, 0.2) is 0 Å². The van der Waals surface area contributed by atoms with E-state index in [1.165, 1.54) is 13.8 Å². The number of rotatable bonds is 14. The summed E-state index contributed by atoms with van der Waals surface area (Å²) in [6, 6.07) is 0. The Kier molecular flexibility index (Phi) is 13.6. The SMILES string of the molecule is CC(O)C(=O)OCCOCCOC(=O)CCC(=O)OCCOC(=O)C(C)O. The fraction of sp³-hybridized carbons (Fsp3) is 0.750. The van der Waals surface area contributed by atoms with E-state index >= 15 is 0 Å². The molecule has 0 bridgehead atoms. The highest BCUT2D eigenvalue weighted by Crippen LogP contribution is 1.97. The molecule has 0 fully saturated rings. The average Bonchev–Trinajstić information content (AvgIpc) is 2.61. The molecule has 0 aromatic carbocycles. The normalized spacial score (nSPS) is 12.6. The van der Waals surface area contributed by atoms with Crippen molar-refractivity contribution in [2.24, 2.45) is 0 Å². The fourth-order valence-corrected chi connectivity index (χ4v) is 1.41. The first kappa shape index (κ1) is 24.8. The summed E-state index contributed by atoms with van der Waals surface area (Å²) in [5, 5.41) is 17.8. The van der Waals surface area contributed by atoms with Crippen molar-refractivity contribution in [2.45, 2.75) is 38.9 Å². The van der Waals surface area contributed by atoms with Crippen LogP contribution in [0, 0.1) is 0 Å². The minimum atomic E-state index is -1.25. The predicted molar refractivity (Wildman–Crippen MR) is 87.3 cm³/mol. The molecule has 0 aromatic rings. The number of hydrogen-bond donors (Lipinski definition) is 2. The Morgan fingerprint density at radius 1 is 0.630 bits per heavy atom. The Labute approximate surface area is 156 Å². The Balaban J connectivity index is 3.53. The van der Waals surface area contributed by atoms with Gasteiger partial charge in [-0.2, -0.15) is 0 Å². The Hall–Kier alpha value is -2.24. The van der Waals surface area contributed by atoms with Gasteiger partial charge in [-0.1, -0.05) is 0 Å². The van der Waals surface area contributed by atoms with Gasteiger partial charge in [-0.3, -0.25) is 9.59 Å². The molecule has 0 aromatic heterocycles. The molecule has 11 nitrogen and oxygen atoms in total. The monoisotopic (exact) mass is 394 g/mol. The number of ether oxygens (including phenoxy) is 5. The van der Waals surface area contributed by atoms with Crippen LogP contribution in [-0.4, -0.2) is 85.9 Å². The molecular formula is C16H26O11. The van der Waals surface area contributed by atoms with E-state index in [2.05, 4.69) is 9.47 Å². The molecule has 0 aliphatic rings. The van der Waals surface area contributed by atoms with Gasteiger partial charge in [-0.15, -0.1) is 0 Å². The molecule has 0 aliphatic heterocycles. The second-order valence-electron chi connectivity index (χ2n) is 5.24. The van der Waals surface area contributed by atoms with Crippen molar-refractivity contribution in [1.82, 2.24) is 0 Å². The summed E-state index contributed by atoms with van der Waals surface area (Å²) in [6.07, 6.45) is -2.83. The van der Waals surface area contributed by atoms with Crippen molar-refractivity contribution < 1.29 is 53.1 Å². The van der Waals surface area contributed by atoms with Crippen molar-refractivity contribution in [3.63, 3.8) is 0 Å². The lowest BCUT2D eigenvalue weighted by molar-refractivity contribution is -0.158.